The maximum absolute atomic E-state index is 14.5. The van der Waals surface area contributed by atoms with Crippen molar-refractivity contribution in [3.8, 4) is 11.8 Å². The van der Waals surface area contributed by atoms with Gasteiger partial charge in [0.25, 0.3) is 0 Å². The Morgan fingerprint density at radius 3 is 2.16 bits per heavy atom. The van der Waals surface area contributed by atoms with Crippen molar-refractivity contribution in [1.82, 2.24) is 0 Å². The monoisotopic (exact) mass is 445 g/mol. The van der Waals surface area contributed by atoms with Gasteiger partial charge in [-0.15, -0.1) is 0 Å². The van der Waals surface area contributed by atoms with Crippen LogP contribution in [0.5, 0.6) is 5.75 Å². The van der Waals surface area contributed by atoms with Crippen molar-refractivity contribution in [3.05, 3.63) is 70.3 Å². The third-order valence-corrected chi connectivity index (χ3v) is 5.76. The zero-order valence-electron chi connectivity index (χ0n) is 17.6. The topological polar surface area (TPSA) is 50.1 Å². The van der Waals surface area contributed by atoms with Crippen LogP contribution >= 0.6 is 0 Å². The molecule has 0 heterocycles. The Bertz CT molecular complexity index is 1020. The molecular formula is C25H23F4NO2. The fourth-order valence-electron chi connectivity index (χ4n) is 4.08. The van der Waals surface area contributed by atoms with E-state index in [9.17, 15) is 22.4 Å². The zero-order valence-corrected chi connectivity index (χ0v) is 17.6. The summed E-state index contributed by atoms with van der Waals surface area (Å²) in [7, 11) is 0. The summed E-state index contributed by atoms with van der Waals surface area (Å²) in [6.45, 7) is 2.18. The van der Waals surface area contributed by atoms with Gasteiger partial charge in [-0.1, -0.05) is 31.9 Å². The fourth-order valence-corrected chi connectivity index (χ4v) is 4.08. The highest BCUT2D eigenvalue weighted by atomic mass is 19.1. The number of ether oxygens (including phenoxy) is 1. The Hall–Kier alpha value is -3.14. The van der Waals surface area contributed by atoms with Crippen molar-refractivity contribution >= 4 is 12.0 Å². The van der Waals surface area contributed by atoms with E-state index < -0.39 is 46.1 Å². The number of carbonyl (C=O) groups is 1. The summed E-state index contributed by atoms with van der Waals surface area (Å²) in [6, 6.07) is 4.55. The van der Waals surface area contributed by atoms with Crippen LogP contribution in [0.15, 0.2) is 30.3 Å². The van der Waals surface area contributed by atoms with Gasteiger partial charge in [0.05, 0.1) is 0 Å². The summed E-state index contributed by atoms with van der Waals surface area (Å²) in [5.74, 6) is -5.73. The van der Waals surface area contributed by atoms with Crippen LogP contribution in [0.25, 0.3) is 6.08 Å². The maximum Gasteiger partial charge on any atom is 0.349 e. The Morgan fingerprint density at radius 2 is 1.62 bits per heavy atom. The summed E-state index contributed by atoms with van der Waals surface area (Å²) in [6.07, 6.45) is 10.3. The highest BCUT2D eigenvalue weighted by Gasteiger charge is 2.23. The van der Waals surface area contributed by atoms with Crippen molar-refractivity contribution in [2.45, 2.75) is 45.4 Å². The first kappa shape index (κ1) is 23.5. The Labute approximate surface area is 184 Å². The van der Waals surface area contributed by atoms with Crippen LogP contribution in [0.2, 0.25) is 0 Å². The minimum absolute atomic E-state index is 0.266. The molecule has 0 atom stereocenters. The lowest BCUT2D eigenvalue weighted by Gasteiger charge is -2.26. The van der Waals surface area contributed by atoms with Gasteiger partial charge in [0.15, 0.2) is 0 Å². The smallest absolute Gasteiger partial charge is 0.349 e. The molecule has 1 aliphatic carbocycles. The summed E-state index contributed by atoms with van der Waals surface area (Å²) in [5.41, 5.74) is -1.55. The number of allylic oxidation sites excluding steroid dienone is 1. The normalized spacial score (nSPS) is 18.5. The largest absolute Gasteiger partial charge is 0.423 e. The molecule has 0 aromatic heterocycles. The Balaban J connectivity index is 1.71. The van der Waals surface area contributed by atoms with E-state index in [0.29, 0.717) is 18.1 Å². The van der Waals surface area contributed by atoms with Crippen molar-refractivity contribution in [3.63, 3.8) is 0 Å². The Kier molecular flexibility index (Phi) is 7.68. The van der Waals surface area contributed by atoms with Gasteiger partial charge in [0, 0.05) is 12.1 Å². The molecule has 0 unspecified atom stereocenters. The minimum atomic E-state index is -1.44. The molecule has 0 spiro atoms. The second kappa shape index (κ2) is 10.4. The molecule has 0 aliphatic heterocycles. The predicted octanol–water partition coefficient (Wildman–Crippen LogP) is 6.95. The van der Waals surface area contributed by atoms with Crippen molar-refractivity contribution in [2.75, 3.05) is 0 Å². The third-order valence-electron chi connectivity index (χ3n) is 5.76. The lowest BCUT2D eigenvalue weighted by atomic mass is 9.80. The van der Waals surface area contributed by atoms with E-state index in [1.54, 1.807) is 6.08 Å². The molecule has 168 valence electrons. The van der Waals surface area contributed by atoms with Gasteiger partial charge in [-0.05, 0) is 55.2 Å². The standard InChI is InChI=1S/C25H23F4NO2/c1-2-3-15-4-6-16(7-5-15)8-9-17-10-22(28)24(23(29)11-17)25(31)32-18-12-20(26)19(14-30)21(27)13-18/h8-13,15-16H,2-7H2,1H3/b9-8+. The first-order chi connectivity index (χ1) is 15.3. The predicted molar refractivity (Wildman–Crippen MR) is 112 cm³/mol. The highest BCUT2D eigenvalue weighted by molar-refractivity contribution is 5.92. The van der Waals surface area contributed by atoms with Crippen molar-refractivity contribution < 1.29 is 27.1 Å². The van der Waals surface area contributed by atoms with E-state index in [-0.39, 0.29) is 5.56 Å². The summed E-state index contributed by atoms with van der Waals surface area (Å²) in [5, 5.41) is 8.67. The molecule has 3 rings (SSSR count). The van der Waals surface area contributed by atoms with Crippen LogP contribution < -0.4 is 4.74 Å². The quantitative estimate of drug-likeness (QED) is 0.275. The van der Waals surface area contributed by atoms with Gasteiger partial charge < -0.3 is 4.74 Å². The number of hydrogen-bond donors (Lipinski definition) is 0. The van der Waals surface area contributed by atoms with Crippen LogP contribution in [0.4, 0.5) is 17.6 Å². The average molecular weight is 445 g/mol. The number of carbonyl (C=O) groups excluding carboxylic acids is 1. The molecule has 0 bridgehead atoms. The van der Waals surface area contributed by atoms with E-state index in [1.807, 2.05) is 6.08 Å². The molecule has 0 amide bonds. The highest BCUT2D eigenvalue weighted by Crippen LogP contribution is 2.32. The minimum Gasteiger partial charge on any atom is -0.423 e. The molecule has 3 nitrogen and oxygen atoms in total. The third kappa shape index (κ3) is 5.56. The van der Waals surface area contributed by atoms with Gasteiger partial charge in [-0.3, -0.25) is 0 Å². The van der Waals surface area contributed by atoms with E-state index in [0.717, 1.165) is 43.7 Å². The molecule has 32 heavy (non-hydrogen) atoms. The summed E-state index contributed by atoms with van der Waals surface area (Å²) < 4.78 is 61.0. The van der Waals surface area contributed by atoms with E-state index in [2.05, 4.69) is 6.92 Å². The second-order valence-corrected chi connectivity index (χ2v) is 8.05. The first-order valence-electron chi connectivity index (χ1n) is 10.6. The van der Waals surface area contributed by atoms with Crippen LogP contribution in [-0.2, 0) is 0 Å². The van der Waals surface area contributed by atoms with Gasteiger partial charge in [0.1, 0.15) is 46.2 Å². The van der Waals surface area contributed by atoms with Crippen LogP contribution in [-0.4, -0.2) is 5.97 Å². The number of halogens is 4. The molecule has 2 aromatic carbocycles. The van der Waals surface area contributed by atoms with Gasteiger partial charge >= 0.3 is 5.97 Å². The van der Waals surface area contributed by atoms with Gasteiger partial charge in [0.2, 0.25) is 0 Å². The molecule has 0 radical (unpaired) electrons. The van der Waals surface area contributed by atoms with E-state index >= 15 is 0 Å². The first-order valence-corrected chi connectivity index (χ1v) is 10.6. The molecule has 1 fully saturated rings. The Morgan fingerprint density at radius 1 is 1.03 bits per heavy atom. The number of nitriles is 1. The molecule has 0 saturated heterocycles. The fraction of sp³-hybridized carbons (Fsp3) is 0.360. The number of esters is 1. The van der Waals surface area contributed by atoms with Gasteiger partial charge in [-0.2, -0.15) is 5.26 Å². The second-order valence-electron chi connectivity index (χ2n) is 8.05. The summed E-state index contributed by atoms with van der Waals surface area (Å²) >= 11 is 0. The molecule has 0 N–H and O–H groups in total. The lowest BCUT2D eigenvalue weighted by molar-refractivity contribution is 0.0723. The number of rotatable bonds is 6. The SMILES string of the molecule is CCCC1CCC(/C=C/c2cc(F)c(C(=O)Oc3cc(F)c(C#N)c(F)c3)c(F)c2)CC1. The van der Waals surface area contributed by atoms with E-state index in [4.69, 9.17) is 10.00 Å². The number of benzene rings is 2. The van der Waals surface area contributed by atoms with Crippen LogP contribution in [0.3, 0.4) is 0 Å². The van der Waals surface area contributed by atoms with Crippen LogP contribution in [0, 0.1) is 46.4 Å². The maximum atomic E-state index is 14.5. The van der Waals surface area contributed by atoms with E-state index in [1.165, 1.54) is 18.9 Å². The molecule has 1 aliphatic rings. The molecule has 1 saturated carbocycles. The van der Waals surface area contributed by atoms with Crippen molar-refractivity contribution in [1.29, 1.82) is 5.26 Å². The van der Waals surface area contributed by atoms with Crippen molar-refractivity contribution in [2.24, 2.45) is 11.8 Å². The average Bonchev–Trinajstić information content (AvgIpc) is 2.73. The van der Waals surface area contributed by atoms with Crippen LogP contribution in [0.1, 0.15) is 66.9 Å². The molecule has 7 heteroatoms. The van der Waals surface area contributed by atoms with Gasteiger partial charge in [-0.25, -0.2) is 22.4 Å². The molecule has 2 aromatic rings. The molecular weight excluding hydrogens is 422 g/mol. The zero-order chi connectivity index (χ0) is 23.3. The summed E-state index contributed by atoms with van der Waals surface area (Å²) in [4.78, 5) is 12.2. The number of nitrogens with zero attached hydrogens (tertiary/aromatic N) is 1. The lowest BCUT2D eigenvalue weighted by Crippen LogP contribution is -2.14. The number of hydrogen-bond acceptors (Lipinski definition) is 3.